The molecule has 1 heterocycles. The number of nitriles is 1. The van der Waals surface area contributed by atoms with Gasteiger partial charge in [-0.2, -0.15) is 9.57 Å². The Bertz CT molecular complexity index is 468. The molecule has 0 aromatic rings. The highest BCUT2D eigenvalue weighted by Gasteiger charge is 2.45. The van der Waals surface area contributed by atoms with E-state index in [0.717, 1.165) is 4.31 Å². The van der Waals surface area contributed by atoms with Crippen molar-refractivity contribution < 1.29 is 18.3 Å². The molecule has 0 aliphatic carbocycles. The van der Waals surface area contributed by atoms with Gasteiger partial charge < -0.3 is 5.11 Å². The summed E-state index contributed by atoms with van der Waals surface area (Å²) in [4.78, 5) is 11.3. The summed E-state index contributed by atoms with van der Waals surface area (Å²) < 4.78 is 25.3. The molecule has 1 aliphatic rings. The number of carboxylic acid groups (broad SMARTS) is 1. The fourth-order valence-electron chi connectivity index (χ4n) is 2.21. The number of nitrogens with zero attached hydrogens (tertiary/aromatic N) is 2. The minimum Gasteiger partial charge on any atom is -0.481 e. The molecule has 102 valence electrons. The number of sulfonamides is 1. The molecule has 7 heteroatoms. The highest BCUT2D eigenvalue weighted by molar-refractivity contribution is 7.89. The summed E-state index contributed by atoms with van der Waals surface area (Å²) in [6.45, 7) is 3.33. The molecule has 1 rings (SSSR count). The SMILES string of the molecule is CCC1(C(=O)O)CCCN(S(=O)(=O)C(C)C#N)C1. The normalized spacial score (nSPS) is 27.4. The van der Waals surface area contributed by atoms with Crippen LogP contribution in [0.25, 0.3) is 0 Å². The predicted molar refractivity (Wildman–Crippen MR) is 65.2 cm³/mol. The second-order valence-electron chi connectivity index (χ2n) is 4.69. The van der Waals surface area contributed by atoms with Crippen LogP contribution in [0.1, 0.15) is 33.1 Å². The Hall–Kier alpha value is -1.13. The average Bonchev–Trinajstić information content (AvgIpc) is 2.37. The maximum atomic E-state index is 12.1. The zero-order valence-corrected chi connectivity index (χ0v) is 11.4. The lowest BCUT2D eigenvalue weighted by Gasteiger charge is -2.38. The molecule has 2 atom stereocenters. The number of rotatable bonds is 4. The van der Waals surface area contributed by atoms with E-state index in [4.69, 9.17) is 5.26 Å². The Morgan fingerprint density at radius 2 is 2.22 bits per heavy atom. The molecule has 1 aliphatic heterocycles. The molecule has 18 heavy (non-hydrogen) atoms. The fourth-order valence-corrected chi connectivity index (χ4v) is 3.60. The van der Waals surface area contributed by atoms with Gasteiger partial charge in [-0.05, 0) is 26.2 Å². The lowest BCUT2D eigenvalue weighted by molar-refractivity contribution is -0.151. The van der Waals surface area contributed by atoms with E-state index in [9.17, 15) is 18.3 Å². The smallest absolute Gasteiger partial charge is 0.310 e. The lowest BCUT2D eigenvalue weighted by atomic mass is 9.78. The predicted octanol–water partition coefficient (Wildman–Crippen LogP) is 0.805. The first-order chi connectivity index (χ1) is 8.30. The van der Waals surface area contributed by atoms with Crippen molar-refractivity contribution in [3.8, 4) is 6.07 Å². The van der Waals surface area contributed by atoms with E-state index in [1.165, 1.54) is 6.92 Å². The van der Waals surface area contributed by atoms with Crippen LogP contribution in [0.2, 0.25) is 0 Å². The van der Waals surface area contributed by atoms with E-state index in [1.807, 2.05) is 0 Å². The van der Waals surface area contributed by atoms with Crippen molar-refractivity contribution in [3.05, 3.63) is 0 Å². The van der Waals surface area contributed by atoms with E-state index in [2.05, 4.69) is 0 Å². The molecular weight excluding hydrogens is 256 g/mol. The summed E-state index contributed by atoms with van der Waals surface area (Å²) in [5, 5.41) is 16.9. The number of hydrogen-bond acceptors (Lipinski definition) is 4. The van der Waals surface area contributed by atoms with Gasteiger partial charge in [-0.15, -0.1) is 0 Å². The van der Waals surface area contributed by atoms with Gasteiger partial charge in [-0.1, -0.05) is 6.92 Å². The van der Waals surface area contributed by atoms with Crippen molar-refractivity contribution >= 4 is 16.0 Å². The van der Waals surface area contributed by atoms with Crippen LogP contribution in [-0.4, -0.2) is 42.1 Å². The molecule has 0 amide bonds. The Morgan fingerprint density at radius 3 is 2.67 bits per heavy atom. The van der Waals surface area contributed by atoms with Gasteiger partial charge in [0.1, 0.15) is 0 Å². The van der Waals surface area contributed by atoms with Crippen molar-refractivity contribution in [2.45, 2.75) is 38.4 Å². The van der Waals surface area contributed by atoms with Gasteiger partial charge in [-0.25, -0.2) is 8.42 Å². The quantitative estimate of drug-likeness (QED) is 0.817. The molecule has 0 bridgehead atoms. The molecule has 0 radical (unpaired) electrons. The minimum absolute atomic E-state index is 0.0345. The van der Waals surface area contributed by atoms with Crippen LogP contribution < -0.4 is 0 Å². The van der Waals surface area contributed by atoms with Crippen molar-refractivity contribution in [3.63, 3.8) is 0 Å². The van der Waals surface area contributed by atoms with E-state index in [1.54, 1.807) is 13.0 Å². The molecule has 0 aromatic heterocycles. The molecule has 1 saturated heterocycles. The van der Waals surface area contributed by atoms with Gasteiger partial charge in [0.05, 0.1) is 11.5 Å². The molecule has 0 aromatic carbocycles. The zero-order valence-electron chi connectivity index (χ0n) is 10.6. The highest BCUT2D eigenvalue weighted by Crippen LogP contribution is 2.35. The molecule has 0 spiro atoms. The van der Waals surface area contributed by atoms with Crippen LogP contribution in [0.15, 0.2) is 0 Å². The Kier molecular flexibility index (Phi) is 4.35. The first-order valence-corrected chi connectivity index (χ1v) is 7.42. The Balaban J connectivity index is 3.02. The summed E-state index contributed by atoms with van der Waals surface area (Å²) >= 11 is 0. The number of aliphatic carboxylic acids is 1. The first kappa shape index (κ1) is 14.9. The van der Waals surface area contributed by atoms with Crippen LogP contribution >= 0.6 is 0 Å². The summed E-state index contributed by atoms with van der Waals surface area (Å²) in [5.41, 5.74) is -1.01. The third kappa shape index (κ3) is 2.49. The molecule has 6 nitrogen and oxygen atoms in total. The van der Waals surface area contributed by atoms with Crippen LogP contribution in [-0.2, 0) is 14.8 Å². The summed E-state index contributed by atoms with van der Waals surface area (Å²) in [5.74, 6) is -0.963. The standard InChI is InChI=1S/C11H18N2O4S/c1-3-11(10(14)15)5-4-6-13(8-11)18(16,17)9(2)7-12/h9H,3-6,8H2,1-2H3,(H,14,15). The second kappa shape index (κ2) is 5.24. The van der Waals surface area contributed by atoms with Crippen LogP contribution in [0, 0.1) is 16.7 Å². The first-order valence-electron chi connectivity index (χ1n) is 5.92. The maximum absolute atomic E-state index is 12.1. The van der Waals surface area contributed by atoms with Crippen molar-refractivity contribution in [1.29, 1.82) is 5.26 Å². The Labute approximate surface area is 107 Å². The van der Waals surface area contributed by atoms with Gasteiger partial charge in [0.25, 0.3) is 0 Å². The van der Waals surface area contributed by atoms with Gasteiger partial charge in [0, 0.05) is 13.1 Å². The number of piperidine rings is 1. The van der Waals surface area contributed by atoms with Gasteiger partial charge in [0.15, 0.2) is 5.25 Å². The third-order valence-electron chi connectivity index (χ3n) is 3.66. The number of carboxylic acids is 1. The summed E-state index contributed by atoms with van der Waals surface area (Å²) in [6.07, 6.45) is 1.37. The fraction of sp³-hybridized carbons (Fsp3) is 0.818. The van der Waals surface area contributed by atoms with Crippen LogP contribution in [0.3, 0.4) is 0 Å². The van der Waals surface area contributed by atoms with Gasteiger partial charge in [-0.3, -0.25) is 4.79 Å². The van der Waals surface area contributed by atoms with E-state index in [0.29, 0.717) is 25.8 Å². The Morgan fingerprint density at radius 1 is 1.61 bits per heavy atom. The monoisotopic (exact) mass is 274 g/mol. The molecule has 1 N–H and O–H groups in total. The number of carbonyl (C=O) groups is 1. The lowest BCUT2D eigenvalue weighted by Crippen LogP contribution is -2.51. The molecule has 2 unspecified atom stereocenters. The largest absolute Gasteiger partial charge is 0.481 e. The second-order valence-corrected chi connectivity index (χ2v) is 6.95. The van der Waals surface area contributed by atoms with Crippen LogP contribution in [0.5, 0.6) is 0 Å². The highest BCUT2D eigenvalue weighted by atomic mass is 32.2. The average molecular weight is 274 g/mol. The minimum atomic E-state index is -3.72. The van der Waals surface area contributed by atoms with E-state index in [-0.39, 0.29) is 6.54 Å². The zero-order chi connectivity index (χ0) is 14.0. The van der Waals surface area contributed by atoms with Crippen molar-refractivity contribution in [2.24, 2.45) is 5.41 Å². The topological polar surface area (TPSA) is 98.5 Å². The van der Waals surface area contributed by atoms with Crippen molar-refractivity contribution in [1.82, 2.24) is 4.31 Å². The molecule has 0 saturated carbocycles. The van der Waals surface area contributed by atoms with Gasteiger partial charge in [0.2, 0.25) is 10.0 Å². The van der Waals surface area contributed by atoms with Crippen LogP contribution in [0.4, 0.5) is 0 Å². The summed E-state index contributed by atoms with van der Waals surface area (Å²) in [7, 11) is -3.72. The van der Waals surface area contributed by atoms with E-state index < -0.39 is 26.7 Å². The van der Waals surface area contributed by atoms with Crippen molar-refractivity contribution in [2.75, 3.05) is 13.1 Å². The molecular formula is C11H18N2O4S. The third-order valence-corrected chi connectivity index (χ3v) is 5.69. The number of hydrogen-bond donors (Lipinski definition) is 1. The molecule has 1 fully saturated rings. The maximum Gasteiger partial charge on any atom is 0.310 e. The van der Waals surface area contributed by atoms with Gasteiger partial charge >= 0.3 is 5.97 Å². The summed E-state index contributed by atoms with van der Waals surface area (Å²) in [6, 6.07) is 1.70. The van der Waals surface area contributed by atoms with E-state index >= 15 is 0 Å².